The van der Waals surface area contributed by atoms with Crippen molar-refractivity contribution in [3.8, 4) is 5.75 Å². The maximum absolute atomic E-state index is 6.05. The van der Waals surface area contributed by atoms with Crippen LogP contribution in [-0.2, 0) is 11.3 Å². The zero-order valence-electron chi connectivity index (χ0n) is 15.1. The van der Waals surface area contributed by atoms with Crippen molar-refractivity contribution in [3.63, 3.8) is 0 Å². The van der Waals surface area contributed by atoms with Gasteiger partial charge in [0.25, 0.3) is 0 Å². The van der Waals surface area contributed by atoms with Crippen LogP contribution < -0.4 is 8.06 Å². The molecule has 0 fully saturated rings. The van der Waals surface area contributed by atoms with Crippen molar-refractivity contribution in [2.45, 2.75) is 30.3 Å². The molecular formula is C21H24InNO2. The second-order valence-corrected chi connectivity index (χ2v) is 15.0. The number of fused-ring (bicyclic) bond motifs is 4. The van der Waals surface area contributed by atoms with Gasteiger partial charge in [-0.15, -0.1) is 0 Å². The molecule has 0 spiro atoms. The number of hydrogen-bond donors (Lipinski definition) is 0. The molecule has 2 heterocycles. The predicted molar refractivity (Wildman–Crippen MR) is 103 cm³/mol. The van der Waals surface area contributed by atoms with Crippen molar-refractivity contribution in [3.05, 3.63) is 63.5 Å². The van der Waals surface area contributed by atoms with Gasteiger partial charge in [0.05, 0.1) is 0 Å². The van der Waals surface area contributed by atoms with Crippen LogP contribution in [0.4, 0.5) is 0 Å². The van der Waals surface area contributed by atoms with E-state index in [9.17, 15) is 0 Å². The van der Waals surface area contributed by atoms with Crippen LogP contribution in [0.25, 0.3) is 5.70 Å². The Morgan fingerprint density at radius 2 is 1.92 bits per heavy atom. The van der Waals surface area contributed by atoms with Crippen LogP contribution in [0.5, 0.6) is 5.75 Å². The van der Waals surface area contributed by atoms with Crippen LogP contribution in [0.1, 0.15) is 25.0 Å². The average Bonchev–Trinajstić information content (AvgIpc) is 3.17. The Balaban J connectivity index is 1.57. The third kappa shape index (κ3) is 3.11. The van der Waals surface area contributed by atoms with Crippen molar-refractivity contribution in [1.82, 2.24) is 4.90 Å². The van der Waals surface area contributed by atoms with Gasteiger partial charge in [-0.3, -0.25) is 0 Å². The molecule has 0 aliphatic carbocycles. The first-order valence-corrected chi connectivity index (χ1v) is 14.4. The molecule has 1 unspecified atom stereocenters. The Hall–Kier alpha value is -1.39. The summed E-state index contributed by atoms with van der Waals surface area (Å²) in [6.07, 6.45) is 0. The second-order valence-electron chi connectivity index (χ2n) is 7.12. The van der Waals surface area contributed by atoms with Crippen LogP contribution in [0, 0.1) is 0 Å². The standard InChI is InChI=1S/C21H24NO2.In/c1-17(2)22(13-14-23-4)18(3)20-11-8-12-21(15-20)24-16-19-9-6-5-7-10-19;/h3,5-10,12-13,15,17H,14,16H2,1-2,4H3;. The van der Waals surface area contributed by atoms with E-state index in [1.165, 1.54) is 16.8 Å². The molecule has 4 rings (SSSR count). The van der Waals surface area contributed by atoms with E-state index in [1.807, 2.05) is 13.2 Å². The topological polar surface area (TPSA) is 21.7 Å². The quantitative estimate of drug-likeness (QED) is 0.694. The van der Waals surface area contributed by atoms with E-state index in [2.05, 4.69) is 65.0 Å². The molecule has 0 radical (unpaired) electrons. The summed E-state index contributed by atoms with van der Waals surface area (Å²) in [6, 6.07) is 17.6. The minimum absolute atomic E-state index is 0.509. The summed E-state index contributed by atoms with van der Waals surface area (Å²) < 4.78 is 16.4. The Bertz CT molecular complexity index is 788. The Morgan fingerprint density at radius 3 is 2.64 bits per heavy atom. The molecule has 2 aliphatic rings. The Kier molecular flexibility index (Phi) is 4.83. The molecule has 1 atom stereocenters. The number of nitrogens with zero attached hydrogens (tertiary/aromatic N) is 1. The van der Waals surface area contributed by atoms with Gasteiger partial charge in [-0.2, -0.15) is 0 Å². The fourth-order valence-electron chi connectivity index (χ4n) is 4.14. The van der Waals surface area contributed by atoms with Crippen molar-refractivity contribution in [2.75, 3.05) is 13.7 Å². The fourth-order valence-corrected chi connectivity index (χ4v) is 14.6. The Morgan fingerprint density at radius 1 is 1.12 bits per heavy atom. The number of hydrogen-bond acceptors (Lipinski definition) is 3. The number of rotatable bonds is 6. The van der Waals surface area contributed by atoms with Crippen LogP contribution in [0.2, 0.25) is 0 Å². The first-order valence-electron chi connectivity index (χ1n) is 8.99. The van der Waals surface area contributed by atoms with Gasteiger partial charge in [-0.25, -0.2) is 0 Å². The summed E-state index contributed by atoms with van der Waals surface area (Å²) in [5, 5.41) is 0. The molecule has 2 aromatic carbocycles. The molecule has 128 valence electrons. The molecule has 25 heavy (non-hydrogen) atoms. The first-order chi connectivity index (χ1) is 12.2. The van der Waals surface area contributed by atoms with Crippen LogP contribution in [0.15, 0.2) is 52.4 Å². The van der Waals surface area contributed by atoms with E-state index < -0.39 is 21.4 Å². The average molecular weight is 437 g/mol. The van der Waals surface area contributed by atoms with Crippen LogP contribution >= 0.6 is 0 Å². The number of benzene rings is 2. The van der Waals surface area contributed by atoms with Gasteiger partial charge in [0.15, 0.2) is 0 Å². The zero-order valence-corrected chi connectivity index (χ0v) is 18.4. The molecular weight excluding hydrogens is 413 g/mol. The van der Waals surface area contributed by atoms with Gasteiger partial charge in [0.2, 0.25) is 0 Å². The molecule has 4 heteroatoms. The van der Waals surface area contributed by atoms with Gasteiger partial charge in [-0.1, -0.05) is 0 Å². The van der Waals surface area contributed by atoms with E-state index in [4.69, 9.17) is 9.47 Å². The summed E-state index contributed by atoms with van der Waals surface area (Å²) in [6.45, 7) is 6.03. The predicted octanol–water partition coefficient (Wildman–Crippen LogP) is 3.14. The minimum atomic E-state index is -1.95. The van der Waals surface area contributed by atoms with Gasteiger partial charge >= 0.3 is 158 Å². The first kappa shape index (κ1) is 17.0. The van der Waals surface area contributed by atoms with E-state index in [0.29, 0.717) is 16.4 Å². The van der Waals surface area contributed by atoms with Gasteiger partial charge in [-0.05, 0) is 0 Å². The molecule has 3 nitrogen and oxygen atoms in total. The second kappa shape index (κ2) is 7.08. The van der Waals surface area contributed by atoms with Crippen molar-refractivity contribution in [1.29, 1.82) is 0 Å². The fraction of sp³-hybridized carbons (Fsp3) is 0.333. The summed E-state index contributed by atoms with van der Waals surface area (Å²) in [5.74, 6) is 0.967. The number of methoxy groups -OCH3 is 1. The zero-order chi connectivity index (χ0) is 17.4. The summed E-state index contributed by atoms with van der Waals surface area (Å²) >= 11 is -1.95. The van der Waals surface area contributed by atoms with E-state index in [0.717, 1.165) is 12.4 Å². The molecule has 2 aliphatic heterocycles. The number of ether oxygens (including phenoxy) is 2. The third-order valence-electron chi connectivity index (χ3n) is 5.19. The molecule has 0 N–H and O–H groups in total. The summed E-state index contributed by atoms with van der Waals surface area (Å²) in [5.41, 5.74) is 4.04. The third-order valence-corrected chi connectivity index (χ3v) is 14.4. The van der Waals surface area contributed by atoms with Crippen LogP contribution in [0.3, 0.4) is 0 Å². The van der Waals surface area contributed by atoms with E-state index in [1.54, 1.807) is 3.32 Å². The summed E-state index contributed by atoms with van der Waals surface area (Å²) in [7, 11) is 1.82. The molecule has 0 amide bonds. The molecule has 2 aromatic rings. The van der Waals surface area contributed by atoms with Crippen molar-refractivity contribution >= 4 is 30.5 Å². The monoisotopic (exact) mass is 437 g/mol. The van der Waals surface area contributed by atoms with Gasteiger partial charge < -0.3 is 0 Å². The molecule has 0 saturated carbocycles. The molecule has 0 saturated heterocycles. The van der Waals surface area contributed by atoms with Crippen molar-refractivity contribution in [2.24, 2.45) is 0 Å². The molecule has 0 aromatic heterocycles. The van der Waals surface area contributed by atoms with Gasteiger partial charge in [0, 0.05) is 0 Å². The van der Waals surface area contributed by atoms with E-state index >= 15 is 0 Å². The Labute approximate surface area is 157 Å². The van der Waals surface area contributed by atoms with E-state index in [-0.39, 0.29) is 0 Å². The van der Waals surface area contributed by atoms with Crippen molar-refractivity contribution < 1.29 is 9.47 Å². The van der Waals surface area contributed by atoms with Crippen LogP contribution in [-0.4, -0.2) is 49.9 Å². The summed E-state index contributed by atoms with van der Waals surface area (Å²) in [4.78, 5) is 2.59. The maximum atomic E-state index is 6.05. The SMILES string of the molecule is COC[CH]1N(C(C)C)C2=[CH][In]1[c]1ccc(OCc3ccccc3)cc12. The molecule has 2 bridgehead atoms. The van der Waals surface area contributed by atoms with Gasteiger partial charge in [0.1, 0.15) is 0 Å². The normalized spacial score (nSPS) is 17.9.